The van der Waals surface area contributed by atoms with Crippen LogP contribution in [0.15, 0.2) is 24.3 Å². The zero-order valence-corrected chi connectivity index (χ0v) is 13.6. The summed E-state index contributed by atoms with van der Waals surface area (Å²) in [6.45, 7) is 3.86. The van der Waals surface area contributed by atoms with Crippen molar-refractivity contribution in [3.05, 3.63) is 58.2 Å². The van der Waals surface area contributed by atoms with E-state index >= 15 is 0 Å². The van der Waals surface area contributed by atoms with E-state index in [0.717, 1.165) is 16.8 Å². The summed E-state index contributed by atoms with van der Waals surface area (Å²) in [7, 11) is 2.91. The number of aromatic nitrogens is 1. The molecule has 1 N–H and O–H groups in total. The van der Waals surface area contributed by atoms with Crippen molar-refractivity contribution in [2.45, 2.75) is 20.4 Å². The van der Waals surface area contributed by atoms with Gasteiger partial charge in [-0.05, 0) is 37.1 Å². The fraction of sp³-hybridized carbons (Fsp3) is 0.294. The van der Waals surface area contributed by atoms with Crippen molar-refractivity contribution in [1.82, 2.24) is 9.88 Å². The molecule has 2 aromatic rings. The first-order valence-electron chi connectivity index (χ1n) is 7.13. The molecule has 1 amide bonds. The quantitative estimate of drug-likeness (QED) is 0.882. The number of ether oxygens (including phenoxy) is 1. The SMILES string of the molecule is COC(=O)c1[nH]c(C)c(CN(C)C(=O)c2ccccc2F)c1C. The number of benzene rings is 1. The van der Waals surface area contributed by atoms with E-state index in [4.69, 9.17) is 4.74 Å². The van der Waals surface area contributed by atoms with Crippen molar-refractivity contribution in [2.24, 2.45) is 0 Å². The molecule has 0 aliphatic rings. The van der Waals surface area contributed by atoms with Gasteiger partial charge in [-0.2, -0.15) is 0 Å². The molecule has 0 fully saturated rings. The van der Waals surface area contributed by atoms with Crippen LogP contribution in [0.25, 0.3) is 0 Å². The molecule has 1 aromatic heterocycles. The van der Waals surface area contributed by atoms with Crippen LogP contribution in [0.5, 0.6) is 0 Å². The number of nitrogens with zero attached hydrogens (tertiary/aromatic N) is 1. The zero-order valence-electron chi connectivity index (χ0n) is 13.6. The lowest BCUT2D eigenvalue weighted by atomic mass is 10.1. The van der Waals surface area contributed by atoms with Crippen LogP contribution in [-0.4, -0.2) is 35.9 Å². The summed E-state index contributed by atoms with van der Waals surface area (Å²) >= 11 is 0. The normalized spacial score (nSPS) is 10.5. The molecule has 1 heterocycles. The molecule has 2 rings (SSSR count). The minimum Gasteiger partial charge on any atom is -0.464 e. The van der Waals surface area contributed by atoms with Crippen molar-refractivity contribution in [3.63, 3.8) is 0 Å². The van der Waals surface area contributed by atoms with Crippen LogP contribution in [0.2, 0.25) is 0 Å². The van der Waals surface area contributed by atoms with Gasteiger partial charge >= 0.3 is 5.97 Å². The molecule has 0 spiro atoms. The molecule has 0 aliphatic carbocycles. The standard InChI is InChI=1S/C17H19FN2O3/c1-10-13(11(2)19-15(10)17(22)23-4)9-20(3)16(21)12-7-5-6-8-14(12)18/h5-8,19H,9H2,1-4H3. The van der Waals surface area contributed by atoms with E-state index in [1.54, 1.807) is 20.0 Å². The van der Waals surface area contributed by atoms with Crippen LogP contribution in [-0.2, 0) is 11.3 Å². The van der Waals surface area contributed by atoms with E-state index < -0.39 is 17.7 Å². The van der Waals surface area contributed by atoms with Crippen LogP contribution in [0, 0.1) is 19.7 Å². The van der Waals surface area contributed by atoms with E-state index in [1.165, 1.54) is 30.2 Å². The van der Waals surface area contributed by atoms with Gasteiger partial charge in [-0.15, -0.1) is 0 Å². The zero-order chi connectivity index (χ0) is 17.1. The molecule has 0 radical (unpaired) electrons. The third kappa shape index (κ3) is 3.26. The molecule has 0 bridgehead atoms. The first kappa shape index (κ1) is 16.7. The lowest BCUT2D eigenvalue weighted by Gasteiger charge is -2.18. The van der Waals surface area contributed by atoms with Gasteiger partial charge in [0.2, 0.25) is 0 Å². The first-order valence-corrected chi connectivity index (χ1v) is 7.13. The minimum atomic E-state index is -0.554. The summed E-state index contributed by atoms with van der Waals surface area (Å²) in [4.78, 5) is 28.5. The Morgan fingerprint density at radius 1 is 1.26 bits per heavy atom. The highest BCUT2D eigenvalue weighted by molar-refractivity contribution is 5.94. The Kier molecular flexibility index (Phi) is 4.83. The second-order valence-corrected chi connectivity index (χ2v) is 5.36. The topological polar surface area (TPSA) is 62.4 Å². The number of methoxy groups -OCH3 is 1. The summed E-state index contributed by atoms with van der Waals surface area (Å²) < 4.78 is 18.5. The lowest BCUT2D eigenvalue weighted by molar-refractivity contribution is 0.0593. The van der Waals surface area contributed by atoms with Crippen LogP contribution >= 0.6 is 0 Å². The largest absolute Gasteiger partial charge is 0.464 e. The number of nitrogens with one attached hydrogen (secondary N) is 1. The van der Waals surface area contributed by atoms with Gasteiger partial charge in [-0.25, -0.2) is 9.18 Å². The number of aromatic amines is 1. The number of halogens is 1. The molecule has 0 unspecified atom stereocenters. The van der Waals surface area contributed by atoms with Gasteiger partial charge < -0.3 is 14.6 Å². The van der Waals surface area contributed by atoms with E-state index in [1.807, 2.05) is 6.92 Å². The number of hydrogen-bond donors (Lipinski definition) is 1. The molecular formula is C17H19FN2O3. The number of esters is 1. The molecular weight excluding hydrogens is 299 g/mol. The fourth-order valence-electron chi connectivity index (χ4n) is 2.48. The van der Waals surface area contributed by atoms with Crippen LogP contribution < -0.4 is 0 Å². The molecule has 5 nitrogen and oxygen atoms in total. The van der Waals surface area contributed by atoms with E-state index in [2.05, 4.69) is 4.98 Å². The van der Waals surface area contributed by atoms with Gasteiger partial charge in [0.25, 0.3) is 5.91 Å². The first-order chi connectivity index (χ1) is 10.9. The van der Waals surface area contributed by atoms with Crippen molar-refractivity contribution >= 4 is 11.9 Å². The van der Waals surface area contributed by atoms with Crippen molar-refractivity contribution in [1.29, 1.82) is 0 Å². The van der Waals surface area contributed by atoms with Crippen LogP contribution in [0.3, 0.4) is 0 Å². The molecule has 122 valence electrons. The predicted octanol–water partition coefficient (Wildman–Crippen LogP) is 2.83. The number of carbonyl (C=O) groups excluding carboxylic acids is 2. The Morgan fingerprint density at radius 3 is 2.52 bits per heavy atom. The van der Waals surface area contributed by atoms with Gasteiger partial charge in [-0.3, -0.25) is 4.79 Å². The molecule has 0 saturated carbocycles. The Bertz CT molecular complexity index is 752. The van der Waals surface area contributed by atoms with Crippen molar-refractivity contribution in [3.8, 4) is 0 Å². The molecule has 6 heteroatoms. The Labute approximate surface area is 134 Å². The Hall–Kier alpha value is -2.63. The summed E-state index contributed by atoms with van der Waals surface area (Å²) in [5, 5.41) is 0. The summed E-state index contributed by atoms with van der Waals surface area (Å²) in [6.07, 6.45) is 0. The number of carbonyl (C=O) groups is 2. The van der Waals surface area contributed by atoms with Gasteiger partial charge in [0, 0.05) is 19.3 Å². The molecule has 0 aliphatic heterocycles. The molecule has 0 atom stereocenters. The lowest BCUT2D eigenvalue weighted by Crippen LogP contribution is -2.27. The van der Waals surface area contributed by atoms with Gasteiger partial charge in [0.15, 0.2) is 0 Å². The van der Waals surface area contributed by atoms with Gasteiger partial charge in [-0.1, -0.05) is 12.1 Å². The second kappa shape index (κ2) is 6.64. The predicted molar refractivity (Wildman–Crippen MR) is 83.8 cm³/mol. The number of hydrogen-bond acceptors (Lipinski definition) is 3. The van der Waals surface area contributed by atoms with Gasteiger partial charge in [0.1, 0.15) is 11.5 Å². The van der Waals surface area contributed by atoms with E-state index in [0.29, 0.717) is 5.69 Å². The molecule has 1 aromatic carbocycles. The smallest absolute Gasteiger partial charge is 0.354 e. The summed E-state index contributed by atoms with van der Waals surface area (Å²) in [5.74, 6) is -1.43. The highest BCUT2D eigenvalue weighted by Crippen LogP contribution is 2.21. The Balaban J connectivity index is 2.26. The van der Waals surface area contributed by atoms with Crippen molar-refractivity contribution in [2.75, 3.05) is 14.2 Å². The third-order valence-corrected chi connectivity index (χ3v) is 3.83. The molecule has 23 heavy (non-hydrogen) atoms. The fourth-order valence-corrected chi connectivity index (χ4v) is 2.48. The number of aryl methyl sites for hydroxylation is 1. The van der Waals surface area contributed by atoms with Crippen LogP contribution in [0.4, 0.5) is 4.39 Å². The highest BCUT2D eigenvalue weighted by atomic mass is 19.1. The maximum Gasteiger partial charge on any atom is 0.354 e. The molecule has 0 saturated heterocycles. The van der Waals surface area contributed by atoms with E-state index in [9.17, 15) is 14.0 Å². The number of amides is 1. The average molecular weight is 318 g/mol. The van der Waals surface area contributed by atoms with Crippen molar-refractivity contribution < 1.29 is 18.7 Å². The summed E-state index contributed by atoms with van der Waals surface area (Å²) in [6, 6.07) is 5.86. The number of H-pyrrole nitrogens is 1. The van der Waals surface area contributed by atoms with E-state index in [-0.39, 0.29) is 12.1 Å². The third-order valence-electron chi connectivity index (χ3n) is 3.83. The number of rotatable bonds is 4. The maximum absolute atomic E-state index is 13.7. The highest BCUT2D eigenvalue weighted by Gasteiger charge is 2.21. The Morgan fingerprint density at radius 2 is 1.91 bits per heavy atom. The van der Waals surface area contributed by atoms with Gasteiger partial charge in [0.05, 0.1) is 12.7 Å². The summed E-state index contributed by atoms with van der Waals surface area (Å²) in [5.41, 5.74) is 2.71. The minimum absolute atomic E-state index is 0.0223. The second-order valence-electron chi connectivity index (χ2n) is 5.36. The maximum atomic E-state index is 13.7. The average Bonchev–Trinajstić information content (AvgIpc) is 2.82. The monoisotopic (exact) mass is 318 g/mol. The van der Waals surface area contributed by atoms with Crippen LogP contribution in [0.1, 0.15) is 37.7 Å².